The van der Waals surface area contributed by atoms with E-state index >= 15 is 0 Å². The van der Waals surface area contributed by atoms with Gasteiger partial charge in [-0.25, -0.2) is 4.98 Å². The molecular formula is C15H19NO4S. The van der Waals surface area contributed by atoms with Crippen molar-refractivity contribution in [2.45, 2.75) is 27.1 Å². The first kappa shape index (κ1) is 15.6. The van der Waals surface area contributed by atoms with Crippen LogP contribution in [-0.4, -0.2) is 24.3 Å². The van der Waals surface area contributed by atoms with Crippen LogP contribution >= 0.6 is 11.3 Å². The van der Waals surface area contributed by atoms with E-state index in [1.807, 2.05) is 13.8 Å². The Morgan fingerprint density at radius 1 is 1.14 bits per heavy atom. The predicted octanol–water partition coefficient (Wildman–Crippen LogP) is 2.85. The Labute approximate surface area is 128 Å². The number of thiazole rings is 1. The number of methoxy groups -OCH3 is 2. The van der Waals surface area contributed by atoms with E-state index in [0.717, 1.165) is 10.7 Å². The highest BCUT2D eigenvalue weighted by Crippen LogP contribution is 2.39. The van der Waals surface area contributed by atoms with E-state index in [2.05, 4.69) is 4.98 Å². The first-order chi connectivity index (χ1) is 10.1. The third-order valence-electron chi connectivity index (χ3n) is 3.12. The summed E-state index contributed by atoms with van der Waals surface area (Å²) in [6.07, 6.45) is 0. The Morgan fingerprint density at radius 2 is 1.76 bits per heavy atom. The van der Waals surface area contributed by atoms with Crippen LogP contribution in [0, 0.1) is 13.8 Å². The van der Waals surface area contributed by atoms with Gasteiger partial charge in [-0.3, -0.25) is 0 Å². The summed E-state index contributed by atoms with van der Waals surface area (Å²) in [5.41, 5.74) is 1.73. The molecule has 1 heterocycles. The van der Waals surface area contributed by atoms with Crippen molar-refractivity contribution in [1.82, 2.24) is 4.98 Å². The second-order valence-corrected chi connectivity index (χ2v) is 5.81. The van der Waals surface area contributed by atoms with Crippen LogP contribution in [0.25, 0.3) is 0 Å². The van der Waals surface area contributed by atoms with Crippen LogP contribution < -0.4 is 14.2 Å². The monoisotopic (exact) mass is 309 g/mol. The van der Waals surface area contributed by atoms with Gasteiger partial charge in [0.25, 0.3) is 0 Å². The second-order valence-electron chi connectivity index (χ2n) is 4.53. The fraction of sp³-hybridized carbons (Fsp3) is 0.400. The molecule has 21 heavy (non-hydrogen) atoms. The van der Waals surface area contributed by atoms with E-state index < -0.39 is 0 Å². The third kappa shape index (κ3) is 3.46. The summed E-state index contributed by atoms with van der Waals surface area (Å²) in [4.78, 5) is 5.63. The molecule has 0 fully saturated rings. The number of benzene rings is 1. The maximum atomic E-state index is 9.25. The number of nitrogens with zero attached hydrogens (tertiary/aromatic N) is 1. The predicted molar refractivity (Wildman–Crippen MR) is 81.4 cm³/mol. The zero-order chi connectivity index (χ0) is 15.4. The van der Waals surface area contributed by atoms with Crippen molar-refractivity contribution >= 4 is 11.3 Å². The number of hydrogen-bond acceptors (Lipinski definition) is 6. The molecule has 114 valence electrons. The molecule has 0 amide bonds. The molecule has 0 radical (unpaired) electrons. The van der Waals surface area contributed by atoms with E-state index in [1.54, 1.807) is 37.7 Å². The van der Waals surface area contributed by atoms with Gasteiger partial charge in [-0.2, -0.15) is 0 Å². The molecule has 0 aliphatic heterocycles. The van der Waals surface area contributed by atoms with Crippen molar-refractivity contribution in [3.63, 3.8) is 0 Å². The van der Waals surface area contributed by atoms with Crippen LogP contribution in [0.1, 0.15) is 21.1 Å². The van der Waals surface area contributed by atoms with Crippen LogP contribution in [-0.2, 0) is 13.2 Å². The van der Waals surface area contributed by atoms with Gasteiger partial charge in [-0.15, -0.1) is 11.3 Å². The highest BCUT2D eigenvalue weighted by molar-refractivity contribution is 7.11. The summed E-state index contributed by atoms with van der Waals surface area (Å²) in [6, 6.07) is 3.46. The number of aromatic nitrogens is 1. The maximum Gasteiger partial charge on any atom is 0.203 e. The lowest BCUT2D eigenvalue weighted by molar-refractivity contribution is 0.259. The average Bonchev–Trinajstić information content (AvgIpc) is 2.82. The lowest BCUT2D eigenvalue weighted by Gasteiger charge is -2.15. The summed E-state index contributed by atoms with van der Waals surface area (Å²) in [5.74, 6) is 1.58. The minimum Gasteiger partial charge on any atom is -0.493 e. The molecule has 0 bridgehead atoms. The van der Waals surface area contributed by atoms with Crippen LogP contribution in [0.3, 0.4) is 0 Å². The zero-order valence-corrected chi connectivity index (χ0v) is 13.4. The topological polar surface area (TPSA) is 60.8 Å². The van der Waals surface area contributed by atoms with Crippen LogP contribution in [0.4, 0.5) is 0 Å². The molecule has 1 aromatic heterocycles. The summed E-state index contributed by atoms with van der Waals surface area (Å²) in [5, 5.41) is 10.2. The number of hydrogen-bond donors (Lipinski definition) is 1. The molecule has 5 nitrogen and oxygen atoms in total. The number of ether oxygens (including phenoxy) is 3. The van der Waals surface area contributed by atoms with E-state index in [0.29, 0.717) is 29.4 Å². The minimum absolute atomic E-state index is 0.0854. The van der Waals surface area contributed by atoms with Gasteiger partial charge < -0.3 is 19.3 Å². The van der Waals surface area contributed by atoms with Gasteiger partial charge in [-0.05, 0) is 31.5 Å². The number of aliphatic hydroxyl groups is 1. The molecule has 0 saturated carbocycles. The fourth-order valence-electron chi connectivity index (χ4n) is 1.90. The summed E-state index contributed by atoms with van der Waals surface area (Å²) < 4.78 is 16.4. The molecule has 1 aromatic carbocycles. The van der Waals surface area contributed by atoms with E-state index in [4.69, 9.17) is 14.2 Å². The first-order valence-electron chi connectivity index (χ1n) is 6.50. The molecule has 0 aliphatic rings. The Kier molecular flexibility index (Phi) is 5.03. The smallest absolute Gasteiger partial charge is 0.203 e. The molecule has 2 rings (SSSR count). The molecule has 0 aliphatic carbocycles. The summed E-state index contributed by atoms with van der Waals surface area (Å²) in [7, 11) is 3.11. The second kappa shape index (κ2) is 6.78. The Morgan fingerprint density at radius 3 is 2.19 bits per heavy atom. The molecule has 0 spiro atoms. The van der Waals surface area contributed by atoms with Gasteiger partial charge in [0.2, 0.25) is 5.75 Å². The van der Waals surface area contributed by atoms with Gasteiger partial charge in [0.15, 0.2) is 11.5 Å². The molecule has 2 aromatic rings. The largest absolute Gasteiger partial charge is 0.493 e. The highest BCUT2D eigenvalue weighted by Gasteiger charge is 2.15. The molecule has 0 atom stereocenters. The Hall–Kier alpha value is -1.79. The van der Waals surface area contributed by atoms with Gasteiger partial charge in [-0.1, -0.05) is 0 Å². The van der Waals surface area contributed by atoms with Crippen LogP contribution in [0.5, 0.6) is 17.2 Å². The van der Waals surface area contributed by atoms with Crippen molar-refractivity contribution in [2.24, 2.45) is 0 Å². The highest BCUT2D eigenvalue weighted by atomic mass is 32.1. The van der Waals surface area contributed by atoms with E-state index in [-0.39, 0.29) is 6.61 Å². The van der Waals surface area contributed by atoms with Crippen LogP contribution in [0.2, 0.25) is 0 Å². The number of aliphatic hydroxyl groups excluding tert-OH is 1. The normalized spacial score (nSPS) is 10.5. The SMILES string of the molecule is COc1cc(CO)cc(OC)c1OCc1nc(C)c(C)s1. The average molecular weight is 309 g/mol. The quantitative estimate of drug-likeness (QED) is 0.889. The molecule has 1 N–H and O–H groups in total. The first-order valence-corrected chi connectivity index (χ1v) is 7.32. The van der Waals surface area contributed by atoms with Crippen molar-refractivity contribution in [1.29, 1.82) is 0 Å². The van der Waals surface area contributed by atoms with Gasteiger partial charge >= 0.3 is 0 Å². The fourth-order valence-corrected chi connectivity index (χ4v) is 2.75. The molecule has 6 heteroatoms. The third-order valence-corrected chi connectivity index (χ3v) is 4.16. The van der Waals surface area contributed by atoms with Gasteiger partial charge in [0.05, 0.1) is 26.5 Å². The van der Waals surface area contributed by atoms with Gasteiger partial charge in [0.1, 0.15) is 11.6 Å². The van der Waals surface area contributed by atoms with Crippen molar-refractivity contribution < 1.29 is 19.3 Å². The van der Waals surface area contributed by atoms with E-state index in [9.17, 15) is 5.11 Å². The van der Waals surface area contributed by atoms with Crippen molar-refractivity contribution in [2.75, 3.05) is 14.2 Å². The molecule has 0 unspecified atom stereocenters. The lowest BCUT2D eigenvalue weighted by Crippen LogP contribution is -2.01. The van der Waals surface area contributed by atoms with Crippen LogP contribution in [0.15, 0.2) is 12.1 Å². The van der Waals surface area contributed by atoms with Gasteiger partial charge in [0, 0.05) is 4.88 Å². The number of aryl methyl sites for hydroxylation is 2. The van der Waals surface area contributed by atoms with Crippen molar-refractivity contribution in [3.8, 4) is 17.2 Å². The minimum atomic E-state index is -0.0854. The Balaban J connectivity index is 2.25. The Bertz CT molecular complexity index is 580. The zero-order valence-electron chi connectivity index (χ0n) is 12.6. The molecular weight excluding hydrogens is 290 g/mol. The number of rotatable bonds is 6. The molecule has 0 saturated heterocycles. The van der Waals surface area contributed by atoms with E-state index in [1.165, 1.54) is 4.88 Å². The summed E-state index contributed by atoms with van der Waals surface area (Å²) >= 11 is 1.61. The van der Waals surface area contributed by atoms with Crippen molar-refractivity contribution in [3.05, 3.63) is 33.3 Å². The lowest BCUT2D eigenvalue weighted by atomic mass is 10.2. The standard InChI is InChI=1S/C15H19NO4S/c1-9-10(2)21-14(16-9)8-20-15-12(18-3)5-11(7-17)6-13(15)19-4/h5-6,17H,7-8H2,1-4H3. The maximum absolute atomic E-state index is 9.25. The summed E-state index contributed by atoms with van der Waals surface area (Å²) in [6.45, 7) is 4.28.